The van der Waals surface area contributed by atoms with Crippen LogP contribution in [0.2, 0.25) is 0 Å². The summed E-state index contributed by atoms with van der Waals surface area (Å²) >= 11 is 0. The van der Waals surface area contributed by atoms with Crippen LogP contribution >= 0.6 is 0 Å². The van der Waals surface area contributed by atoms with Crippen molar-refractivity contribution in [3.05, 3.63) is 0 Å². The molecule has 0 aliphatic heterocycles. The van der Waals surface area contributed by atoms with Crippen molar-refractivity contribution in [1.82, 2.24) is 0 Å². The number of carbonyl (C=O) groups is 1. The minimum atomic E-state index is -0.264. The molecule has 2 N–H and O–H groups in total. The maximum atomic E-state index is 11.5. The standard InChI is InChI=1S/C24H40O3/c1-15(7-6-12-25)17-9-10-18-22-19(14-21(27)24(17,18)3)23(2)11-5-4-8-16(23)13-20(22)26/h12,15-22,26-27H,4-11,13-14H2,1-3H3/t15?,16?,17?,18?,19?,20-,21+,22?,23+,24-/m1/s1. The van der Waals surface area contributed by atoms with Crippen molar-refractivity contribution in [3.8, 4) is 0 Å². The van der Waals surface area contributed by atoms with Gasteiger partial charge < -0.3 is 15.0 Å². The van der Waals surface area contributed by atoms with Crippen LogP contribution < -0.4 is 0 Å². The van der Waals surface area contributed by atoms with Crippen LogP contribution in [0, 0.1) is 46.3 Å². The Balaban J connectivity index is 1.64. The molecule has 0 spiro atoms. The number of hydrogen-bond donors (Lipinski definition) is 2. The second kappa shape index (κ2) is 7.13. The summed E-state index contributed by atoms with van der Waals surface area (Å²) in [5, 5.41) is 22.7. The van der Waals surface area contributed by atoms with Crippen LogP contribution in [0.1, 0.15) is 85.0 Å². The van der Waals surface area contributed by atoms with Gasteiger partial charge in [-0.1, -0.05) is 33.6 Å². The van der Waals surface area contributed by atoms with Gasteiger partial charge in [-0.2, -0.15) is 0 Å². The lowest BCUT2D eigenvalue weighted by Crippen LogP contribution is -2.61. The van der Waals surface area contributed by atoms with Crippen molar-refractivity contribution in [2.75, 3.05) is 0 Å². The predicted molar refractivity (Wildman–Crippen MR) is 107 cm³/mol. The molecular formula is C24H40O3. The fraction of sp³-hybridized carbons (Fsp3) is 0.958. The fourth-order valence-electron chi connectivity index (χ4n) is 8.72. The fourth-order valence-corrected chi connectivity index (χ4v) is 8.72. The second-order valence-corrected chi connectivity index (χ2v) is 11.1. The van der Waals surface area contributed by atoms with Crippen molar-refractivity contribution >= 4 is 6.29 Å². The third-order valence-corrected chi connectivity index (χ3v) is 10.2. The summed E-state index contributed by atoms with van der Waals surface area (Å²) < 4.78 is 0. The topological polar surface area (TPSA) is 57.5 Å². The predicted octanol–water partition coefficient (Wildman–Crippen LogP) is 4.59. The molecule has 0 aromatic heterocycles. The number of aliphatic hydroxyl groups is 2. The molecule has 3 nitrogen and oxygen atoms in total. The molecule has 0 radical (unpaired) electrons. The summed E-state index contributed by atoms with van der Waals surface area (Å²) in [6.07, 6.45) is 11.4. The minimum absolute atomic E-state index is 0.0949. The van der Waals surface area contributed by atoms with Crippen molar-refractivity contribution in [3.63, 3.8) is 0 Å². The maximum Gasteiger partial charge on any atom is 0.120 e. The Kier molecular flexibility index (Phi) is 5.25. The van der Waals surface area contributed by atoms with Gasteiger partial charge in [-0.05, 0) is 91.3 Å². The zero-order valence-corrected chi connectivity index (χ0v) is 17.6. The molecule has 4 aliphatic carbocycles. The maximum absolute atomic E-state index is 11.5. The lowest BCUT2D eigenvalue weighted by molar-refractivity contribution is -0.201. The Hall–Kier alpha value is -0.410. The average Bonchev–Trinajstić information content (AvgIpc) is 3.00. The van der Waals surface area contributed by atoms with Gasteiger partial charge >= 0.3 is 0 Å². The van der Waals surface area contributed by atoms with Crippen LogP contribution in [0.5, 0.6) is 0 Å². The zero-order chi connectivity index (χ0) is 19.4. The Bertz CT molecular complexity index is 562. The highest BCUT2D eigenvalue weighted by Crippen LogP contribution is 2.68. The lowest BCUT2D eigenvalue weighted by atomic mass is 9.43. The molecule has 4 fully saturated rings. The molecular weight excluding hydrogens is 336 g/mol. The normalized spacial score (nSPS) is 53.1. The number of fused-ring (bicyclic) bond motifs is 5. The largest absolute Gasteiger partial charge is 0.393 e. The quantitative estimate of drug-likeness (QED) is 0.706. The zero-order valence-electron chi connectivity index (χ0n) is 17.6. The van der Waals surface area contributed by atoms with Gasteiger partial charge in [0.25, 0.3) is 0 Å². The molecule has 154 valence electrons. The molecule has 6 unspecified atom stereocenters. The first kappa shape index (κ1) is 19.9. The van der Waals surface area contributed by atoms with Crippen molar-refractivity contribution < 1.29 is 15.0 Å². The minimum Gasteiger partial charge on any atom is -0.393 e. The van der Waals surface area contributed by atoms with Crippen molar-refractivity contribution in [2.24, 2.45) is 46.3 Å². The van der Waals surface area contributed by atoms with Crippen LogP contribution in [-0.2, 0) is 4.79 Å². The molecule has 4 aliphatic rings. The van der Waals surface area contributed by atoms with E-state index in [-0.39, 0.29) is 17.6 Å². The van der Waals surface area contributed by atoms with E-state index in [1.165, 1.54) is 25.7 Å². The van der Waals surface area contributed by atoms with Gasteiger partial charge in [0.05, 0.1) is 12.2 Å². The highest BCUT2D eigenvalue weighted by Gasteiger charge is 2.65. The molecule has 0 heterocycles. The van der Waals surface area contributed by atoms with Crippen LogP contribution in [0.15, 0.2) is 0 Å². The molecule has 10 atom stereocenters. The average molecular weight is 377 g/mol. The molecule has 0 aromatic carbocycles. The summed E-state index contributed by atoms with van der Waals surface area (Å²) in [5.74, 6) is 2.86. The van der Waals surface area contributed by atoms with E-state index in [0.29, 0.717) is 47.3 Å². The van der Waals surface area contributed by atoms with Crippen LogP contribution in [0.25, 0.3) is 0 Å². The van der Waals surface area contributed by atoms with Gasteiger partial charge in [0, 0.05) is 6.42 Å². The molecule has 0 saturated heterocycles. The number of aliphatic hydroxyl groups excluding tert-OH is 2. The SMILES string of the molecule is CC(CCC=O)C1CCC2C3C(C[C@H](O)[C@]12C)[C@@]1(C)CCCCC1C[C@H]3O. The summed E-state index contributed by atoms with van der Waals surface area (Å²) in [6, 6.07) is 0. The number of rotatable bonds is 4. The molecule has 4 saturated carbocycles. The van der Waals surface area contributed by atoms with E-state index in [0.717, 1.165) is 38.4 Å². The Morgan fingerprint density at radius 3 is 2.59 bits per heavy atom. The van der Waals surface area contributed by atoms with Gasteiger partial charge in [0.1, 0.15) is 6.29 Å². The lowest BCUT2D eigenvalue weighted by Gasteiger charge is -2.63. The molecule has 3 heteroatoms. The van der Waals surface area contributed by atoms with E-state index in [4.69, 9.17) is 0 Å². The van der Waals surface area contributed by atoms with Gasteiger partial charge in [-0.3, -0.25) is 0 Å². The van der Waals surface area contributed by atoms with Gasteiger partial charge in [0.15, 0.2) is 0 Å². The van der Waals surface area contributed by atoms with Crippen LogP contribution in [0.4, 0.5) is 0 Å². The van der Waals surface area contributed by atoms with E-state index < -0.39 is 0 Å². The van der Waals surface area contributed by atoms with Gasteiger partial charge in [0.2, 0.25) is 0 Å². The summed E-state index contributed by atoms with van der Waals surface area (Å²) in [4.78, 5) is 10.9. The smallest absolute Gasteiger partial charge is 0.120 e. The number of hydrogen-bond acceptors (Lipinski definition) is 3. The molecule has 4 rings (SSSR count). The van der Waals surface area contributed by atoms with E-state index in [1.54, 1.807) is 0 Å². The first-order valence-electron chi connectivity index (χ1n) is 11.6. The van der Waals surface area contributed by atoms with Crippen LogP contribution in [0.3, 0.4) is 0 Å². The van der Waals surface area contributed by atoms with Crippen molar-refractivity contribution in [1.29, 1.82) is 0 Å². The molecule has 0 bridgehead atoms. The third kappa shape index (κ3) is 2.86. The third-order valence-electron chi connectivity index (χ3n) is 10.2. The van der Waals surface area contributed by atoms with Crippen molar-refractivity contribution in [2.45, 2.75) is 97.2 Å². The highest BCUT2D eigenvalue weighted by atomic mass is 16.3. The number of carbonyl (C=O) groups excluding carboxylic acids is 1. The summed E-state index contributed by atoms with van der Waals surface area (Å²) in [6.45, 7) is 7.07. The van der Waals surface area contributed by atoms with E-state index in [1.807, 2.05) is 0 Å². The Morgan fingerprint density at radius 1 is 1.07 bits per heavy atom. The monoisotopic (exact) mass is 376 g/mol. The number of aldehydes is 1. The Morgan fingerprint density at radius 2 is 1.85 bits per heavy atom. The highest BCUT2D eigenvalue weighted by molar-refractivity contribution is 5.49. The van der Waals surface area contributed by atoms with Gasteiger partial charge in [-0.15, -0.1) is 0 Å². The molecule has 0 amide bonds. The first-order chi connectivity index (χ1) is 12.8. The first-order valence-corrected chi connectivity index (χ1v) is 11.6. The van der Waals surface area contributed by atoms with Gasteiger partial charge in [-0.25, -0.2) is 0 Å². The second-order valence-electron chi connectivity index (χ2n) is 11.1. The molecule has 27 heavy (non-hydrogen) atoms. The van der Waals surface area contributed by atoms with E-state index >= 15 is 0 Å². The van der Waals surface area contributed by atoms with Crippen LogP contribution in [-0.4, -0.2) is 28.7 Å². The van der Waals surface area contributed by atoms with E-state index in [9.17, 15) is 15.0 Å². The summed E-state index contributed by atoms with van der Waals surface area (Å²) in [7, 11) is 0. The summed E-state index contributed by atoms with van der Waals surface area (Å²) in [5.41, 5.74) is 0.216. The molecule has 0 aromatic rings. The Labute approximate surface area is 165 Å². The van der Waals surface area contributed by atoms with E-state index in [2.05, 4.69) is 20.8 Å².